The Morgan fingerprint density at radius 3 is 2.47 bits per heavy atom. The van der Waals surface area contributed by atoms with Crippen LogP contribution in [-0.2, 0) is 12.6 Å². The van der Waals surface area contributed by atoms with Crippen LogP contribution in [0.3, 0.4) is 0 Å². The van der Waals surface area contributed by atoms with Gasteiger partial charge in [-0.2, -0.15) is 13.2 Å². The van der Waals surface area contributed by atoms with E-state index in [4.69, 9.17) is 0 Å². The lowest BCUT2D eigenvalue weighted by Gasteiger charge is -2.43. The summed E-state index contributed by atoms with van der Waals surface area (Å²) in [6, 6.07) is 11.7. The molecule has 3 heterocycles. The summed E-state index contributed by atoms with van der Waals surface area (Å²) in [5, 5.41) is 8.05. The lowest BCUT2D eigenvalue weighted by molar-refractivity contribution is -0.136. The monoisotopic (exact) mass is 415 g/mol. The molecule has 3 aromatic rings. The minimum Gasteiger partial charge on any atom is -0.367 e. The lowest BCUT2D eigenvalue weighted by atomic mass is 10.1. The number of nitrogens with zero attached hydrogens (tertiary/aromatic N) is 5. The molecule has 2 aliphatic rings. The molecule has 2 fully saturated rings. The summed E-state index contributed by atoms with van der Waals surface area (Å²) in [4.78, 5) is 4.08. The van der Waals surface area contributed by atoms with E-state index >= 15 is 0 Å². The van der Waals surface area contributed by atoms with Gasteiger partial charge in [-0.1, -0.05) is 18.2 Å². The second-order valence-corrected chi connectivity index (χ2v) is 8.36. The molecule has 1 aliphatic heterocycles. The van der Waals surface area contributed by atoms with Crippen molar-refractivity contribution in [2.75, 3.05) is 29.4 Å². The first kappa shape index (κ1) is 19.2. The molecule has 1 aromatic carbocycles. The lowest BCUT2D eigenvalue weighted by Crippen LogP contribution is -2.52. The topological polar surface area (TPSA) is 36.7 Å². The van der Waals surface area contributed by atoms with E-state index in [1.165, 1.54) is 4.40 Å². The first-order chi connectivity index (χ1) is 14.4. The Balaban J connectivity index is 1.48. The number of halogens is 3. The van der Waals surface area contributed by atoms with Crippen LogP contribution in [0.15, 0.2) is 42.6 Å². The van der Waals surface area contributed by atoms with Gasteiger partial charge in [0.2, 0.25) is 0 Å². The molecule has 0 N–H and O–H groups in total. The molecule has 0 spiro atoms. The van der Waals surface area contributed by atoms with E-state index in [0.717, 1.165) is 18.5 Å². The third-order valence-corrected chi connectivity index (χ3v) is 6.14. The van der Waals surface area contributed by atoms with Gasteiger partial charge in [-0.25, -0.2) is 0 Å². The van der Waals surface area contributed by atoms with Crippen LogP contribution in [0, 0.1) is 5.92 Å². The standard InChI is InChI=1S/C22H24F3N5/c1-15-14-28(11-12-29(15)17-5-3-2-4-6-17)18-9-10-30-19(13-16-7-8-16)26-27-21(30)20(18)22(23,24)25/h2-6,9-10,15-16H,7-8,11-14H2,1H3/t15-/m1/s1. The summed E-state index contributed by atoms with van der Waals surface area (Å²) in [5.74, 6) is 1.14. The number of hydrogen-bond donors (Lipinski definition) is 0. The van der Waals surface area contributed by atoms with Crippen LogP contribution in [0.5, 0.6) is 0 Å². The van der Waals surface area contributed by atoms with Crippen molar-refractivity contribution in [3.63, 3.8) is 0 Å². The zero-order chi connectivity index (χ0) is 20.9. The van der Waals surface area contributed by atoms with Crippen molar-refractivity contribution in [3.05, 3.63) is 54.0 Å². The average molecular weight is 415 g/mol. The van der Waals surface area contributed by atoms with Crippen LogP contribution >= 0.6 is 0 Å². The second kappa shape index (κ2) is 7.18. The van der Waals surface area contributed by atoms with Crippen LogP contribution in [0.2, 0.25) is 0 Å². The highest BCUT2D eigenvalue weighted by molar-refractivity contribution is 5.67. The van der Waals surface area contributed by atoms with Crippen molar-refractivity contribution in [3.8, 4) is 0 Å². The van der Waals surface area contributed by atoms with E-state index in [2.05, 4.69) is 22.0 Å². The average Bonchev–Trinajstić information content (AvgIpc) is 3.45. The number of hydrogen-bond acceptors (Lipinski definition) is 4. The number of anilines is 2. The summed E-state index contributed by atoms with van der Waals surface area (Å²) in [6.07, 6.45) is 0.114. The number of benzene rings is 1. The van der Waals surface area contributed by atoms with Crippen molar-refractivity contribution in [2.24, 2.45) is 5.92 Å². The molecule has 0 unspecified atom stereocenters. The number of aromatic nitrogens is 3. The first-order valence-corrected chi connectivity index (χ1v) is 10.4. The van der Waals surface area contributed by atoms with Crippen molar-refractivity contribution in [1.29, 1.82) is 0 Å². The Hall–Kier alpha value is -2.77. The Bertz CT molecular complexity index is 1040. The number of pyridine rings is 1. The van der Waals surface area contributed by atoms with Gasteiger partial charge in [-0.3, -0.25) is 4.40 Å². The van der Waals surface area contributed by atoms with E-state index in [1.807, 2.05) is 35.2 Å². The van der Waals surface area contributed by atoms with Crippen LogP contribution in [0.4, 0.5) is 24.5 Å². The fraction of sp³-hybridized carbons (Fsp3) is 0.455. The maximum atomic E-state index is 14.1. The van der Waals surface area contributed by atoms with Gasteiger partial charge < -0.3 is 9.80 Å². The molecular weight excluding hydrogens is 391 g/mol. The Morgan fingerprint density at radius 2 is 1.80 bits per heavy atom. The van der Waals surface area contributed by atoms with Crippen LogP contribution < -0.4 is 9.80 Å². The molecule has 2 aromatic heterocycles. The highest BCUT2D eigenvalue weighted by Crippen LogP contribution is 2.40. The van der Waals surface area contributed by atoms with E-state index in [9.17, 15) is 13.2 Å². The number of piperazine rings is 1. The minimum atomic E-state index is -4.50. The second-order valence-electron chi connectivity index (χ2n) is 8.36. The Labute approximate surface area is 173 Å². The van der Waals surface area contributed by atoms with Crippen molar-refractivity contribution in [2.45, 2.75) is 38.4 Å². The smallest absolute Gasteiger partial charge is 0.367 e. The number of fused-ring (bicyclic) bond motifs is 1. The zero-order valence-electron chi connectivity index (χ0n) is 16.8. The SMILES string of the molecule is C[C@@H]1CN(c2ccn3c(CC4CC4)nnc3c2C(F)(F)F)CCN1c1ccccc1. The van der Waals surface area contributed by atoms with Crippen molar-refractivity contribution < 1.29 is 13.2 Å². The van der Waals surface area contributed by atoms with Gasteiger partial charge >= 0.3 is 6.18 Å². The number of rotatable bonds is 4. The maximum Gasteiger partial charge on any atom is 0.422 e. The fourth-order valence-electron chi connectivity index (χ4n) is 4.43. The molecule has 1 saturated heterocycles. The quantitative estimate of drug-likeness (QED) is 0.632. The van der Waals surface area contributed by atoms with E-state index in [-0.39, 0.29) is 17.4 Å². The van der Waals surface area contributed by atoms with Crippen molar-refractivity contribution in [1.82, 2.24) is 14.6 Å². The molecule has 5 nitrogen and oxygen atoms in total. The van der Waals surface area contributed by atoms with Crippen LogP contribution in [0.25, 0.3) is 5.65 Å². The largest absolute Gasteiger partial charge is 0.422 e. The predicted molar refractivity (Wildman–Crippen MR) is 110 cm³/mol. The van der Waals surface area contributed by atoms with Crippen LogP contribution in [0.1, 0.15) is 31.2 Å². The van der Waals surface area contributed by atoms with E-state index < -0.39 is 11.7 Å². The normalized spacial score (nSPS) is 20.2. The molecule has 0 amide bonds. The molecule has 8 heteroatoms. The van der Waals surface area contributed by atoms with E-state index in [0.29, 0.717) is 37.8 Å². The molecule has 1 aliphatic carbocycles. The van der Waals surface area contributed by atoms with Gasteiger partial charge in [-0.05, 0) is 43.9 Å². The number of para-hydroxylation sites is 1. The molecule has 0 bridgehead atoms. The molecule has 0 radical (unpaired) electrons. The summed E-state index contributed by atoms with van der Waals surface area (Å²) in [7, 11) is 0. The van der Waals surface area contributed by atoms with E-state index in [1.54, 1.807) is 12.3 Å². The summed E-state index contributed by atoms with van der Waals surface area (Å²) < 4.78 is 43.9. The highest BCUT2D eigenvalue weighted by atomic mass is 19.4. The number of alkyl halides is 3. The summed E-state index contributed by atoms with van der Waals surface area (Å²) in [5.41, 5.74) is 0.520. The van der Waals surface area contributed by atoms with Crippen molar-refractivity contribution >= 4 is 17.0 Å². The van der Waals surface area contributed by atoms with Gasteiger partial charge in [-0.15, -0.1) is 10.2 Å². The third kappa shape index (κ3) is 3.48. The molecule has 1 saturated carbocycles. The Morgan fingerprint density at radius 1 is 1.03 bits per heavy atom. The van der Waals surface area contributed by atoms with Crippen LogP contribution in [-0.4, -0.2) is 40.3 Å². The van der Waals surface area contributed by atoms with Gasteiger partial charge in [0.15, 0.2) is 5.65 Å². The molecular formula is C22H24F3N5. The highest BCUT2D eigenvalue weighted by Gasteiger charge is 2.40. The summed E-state index contributed by atoms with van der Waals surface area (Å²) >= 11 is 0. The molecule has 5 rings (SSSR count). The third-order valence-electron chi connectivity index (χ3n) is 6.14. The molecule has 1 atom stereocenters. The first-order valence-electron chi connectivity index (χ1n) is 10.4. The molecule has 30 heavy (non-hydrogen) atoms. The molecule has 158 valence electrons. The van der Waals surface area contributed by atoms with Gasteiger partial charge in [0.1, 0.15) is 11.4 Å². The predicted octanol–water partition coefficient (Wildman–Crippen LogP) is 4.42. The fourth-order valence-corrected chi connectivity index (χ4v) is 4.43. The van der Waals surface area contributed by atoms with Gasteiger partial charge in [0.05, 0.1) is 5.69 Å². The van der Waals surface area contributed by atoms with Gasteiger partial charge in [0, 0.05) is 44.0 Å². The maximum absolute atomic E-state index is 14.1. The minimum absolute atomic E-state index is 0.0850. The van der Waals surface area contributed by atoms with Gasteiger partial charge in [0.25, 0.3) is 0 Å². The Kier molecular flexibility index (Phi) is 4.60. The summed E-state index contributed by atoms with van der Waals surface area (Å²) in [6.45, 7) is 3.74. The zero-order valence-corrected chi connectivity index (χ0v) is 16.8.